The van der Waals surface area contributed by atoms with Crippen LogP contribution in [0.1, 0.15) is 71.1 Å². The van der Waals surface area contributed by atoms with E-state index in [0.29, 0.717) is 44.5 Å². The van der Waals surface area contributed by atoms with Crippen molar-refractivity contribution in [3.05, 3.63) is 24.3 Å². The van der Waals surface area contributed by atoms with Crippen LogP contribution in [-0.2, 0) is 19.1 Å². The normalized spacial score (nSPS) is 30.4. The van der Waals surface area contributed by atoms with Gasteiger partial charge < -0.3 is 30.1 Å². The molecule has 1 aromatic rings. The second-order valence-corrected chi connectivity index (χ2v) is 11.2. The van der Waals surface area contributed by atoms with E-state index in [1.165, 1.54) is 6.42 Å². The molecule has 3 aliphatic heterocycles. The van der Waals surface area contributed by atoms with Crippen LogP contribution in [0.2, 0.25) is 0 Å². The number of unbranched alkanes of at least 4 members (excludes halogenated alkanes) is 2. The molecule has 3 amide bonds. The predicted molar refractivity (Wildman–Crippen MR) is 142 cm³/mol. The summed E-state index contributed by atoms with van der Waals surface area (Å²) >= 11 is 0. The van der Waals surface area contributed by atoms with Crippen LogP contribution in [0.3, 0.4) is 0 Å². The van der Waals surface area contributed by atoms with Gasteiger partial charge in [0.25, 0.3) is 0 Å². The zero-order chi connectivity index (χ0) is 26.7. The van der Waals surface area contributed by atoms with Gasteiger partial charge in [-0.05, 0) is 76.1 Å². The molecule has 9 nitrogen and oxygen atoms in total. The molecule has 3 saturated heterocycles. The van der Waals surface area contributed by atoms with Crippen LogP contribution in [-0.4, -0.2) is 71.3 Å². The van der Waals surface area contributed by atoms with E-state index in [9.17, 15) is 19.5 Å². The smallest absolute Gasteiger partial charge is 0.246 e. The van der Waals surface area contributed by atoms with Crippen molar-refractivity contribution >= 4 is 23.4 Å². The van der Waals surface area contributed by atoms with Gasteiger partial charge in [0.15, 0.2) is 0 Å². The number of benzene rings is 1. The fourth-order valence-corrected chi connectivity index (χ4v) is 7.12. The highest BCUT2D eigenvalue weighted by Crippen LogP contribution is 2.58. The topological polar surface area (TPSA) is 117 Å². The summed E-state index contributed by atoms with van der Waals surface area (Å²) < 4.78 is 12.0. The molecule has 2 bridgehead atoms. The number of ether oxygens (including phenoxy) is 2. The van der Waals surface area contributed by atoms with Crippen molar-refractivity contribution in [2.45, 2.75) is 94.9 Å². The molecule has 3 N–H and O–H groups in total. The van der Waals surface area contributed by atoms with E-state index in [2.05, 4.69) is 10.6 Å². The molecule has 208 valence electrons. The van der Waals surface area contributed by atoms with Gasteiger partial charge >= 0.3 is 0 Å². The number of anilines is 1. The minimum absolute atomic E-state index is 0.102. The molecule has 1 aliphatic carbocycles. The van der Waals surface area contributed by atoms with Gasteiger partial charge in [0.2, 0.25) is 17.7 Å². The number of aliphatic hydroxyl groups excluding tert-OH is 1. The first kappa shape index (κ1) is 26.9. The summed E-state index contributed by atoms with van der Waals surface area (Å²) in [7, 11) is 0. The first-order valence-electron chi connectivity index (χ1n) is 14.4. The first-order valence-corrected chi connectivity index (χ1v) is 14.4. The molecule has 4 fully saturated rings. The van der Waals surface area contributed by atoms with E-state index in [1.807, 2.05) is 6.92 Å². The monoisotopic (exact) mass is 527 g/mol. The Morgan fingerprint density at radius 2 is 1.84 bits per heavy atom. The fraction of sp³-hybridized carbons (Fsp3) is 0.690. The number of nitrogens with zero attached hydrogens (tertiary/aromatic N) is 1. The average Bonchev–Trinajstić information content (AvgIpc) is 3.56. The molecule has 0 radical (unpaired) electrons. The maximum atomic E-state index is 13.9. The molecule has 0 aromatic heterocycles. The van der Waals surface area contributed by atoms with Gasteiger partial charge in [0.1, 0.15) is 17.4 Å². The Hall–Kier alpha value is -2.65. The lowest BCUT2D eigenvalue weighted by atomic mass is 9.70. The van der Waals surface area contributed by atoms with Crippen molar-refractivity contribution in [2.75, 3.05) is 25.1 Å². The summed E-state index contributed by atoms with van der Waals surface area (Å²) in [5.74, 6) is -1.15. The van der Waals surface area contributed by atoms with Crippen molar-refractivity contribution in [3.8, 4) is 5.75 Å². The Morgan fingerprint density at radius 3 is 2.55 bits per heavy atom. The number of fused-ring (bicyclic) bond motifs is 1. The Balaban J connectivity index is 1.36. The van der Waals surface area contributed by atoms with Gasteiger partial charge in [-0.3, -0.25) is 14.4 Å². The first-order chi connectivity index (χ1) is 18.5. The van der Waals surface area contributed by atoms with Crippen LogP contribution in [0.25, 0.3) is 0 Å². The zero-order valence-corrected chi connectivity index (χ0v) is 22.3. The Labute approximate surface area is 224 Å². The molecule has 1 aromatic carbocycles. The zero-order valence-electron chi connectivity index (χ0n) is 22.3. The Kier molecular flexibility index (Phi) is 8.23. The molecule has 5 rings (SSSR count). The minimum Gasteiger partial charge on any atom is -0.494 e. The van der Waals surface area contributed by atoms with Gasteiger partial charge in [-0.25, -0.2) is 0 Å². The highest BCUT2D eigenvalue weighted by molar-refractivity contribution is 6.02. The summed E-state index contributed by atoms with van der Waals surface area (Å²) in [5.41, 5.74) is -0.341. The van der Waals surface area contributed by atoms with Crippen LogP contribution in [0.4, 0.5) is 5.69 Å². The molecule has 9 heteroatoms. The molecule has 1 spiro atoms. The highest BCUT2D eigenvalue weighted by Gasteiger charge is 2.74. The highest BCUT2D eigenvalue weighted by atomic mass is 16.5. The lowest BCUT2D eigenvalue weighted by molar-refractivity contribution is -0.142. The van der Waals surface area contributed by atoms with E-state index >= 15 is 0 Å². The Bertz CT molecular complexity index is 1010. The van der Waals surface area contributed by atoms with Gasteiger partial charge in [0, 0.05) is 24.9 Å². The molecule has 5 atom stereocenters. The van der Waals surface area contributed by atoms with E-state index in [-0.39, 0.29) is 36.5 Å². The number of rotatable bonds is 11. The number of nitrogens with one attached hydrogen (secondary N) is 2. The number of amides is 3. The third-order valence-corrected chi connectivity index (χ3v) is 8.79. The molecule has 1 saturated carbocycles. The van der Waals surface area contributed by atoms with Gasteiger partial charge in [-0.15, -0.1) is 0 Å². The van der Waals surface area contributed by atoms with Gasteiger partial charge in [-0.1, -0.05) is 19.3 Å². The number of carbonyl (C=O) groups is 3. The molecular weight excluding hydrogens is 486 g/mol. The SMILES string of the molecule is CCOc1ccc(NC(=O)[C@@H]2[C@H]3C(=O)N(CCCCCO)C(C(=O)NC4CCCCC4)C34CC[C@H]2O4)cc1. The lowest BCUT2D eigenvalue weighted by Gasteiger charge is -2.35. The van der Waals surface area contributed by atoms with Crippen LogP contribution in [0.15, 0.2) is 24.3 Å². The molecule has 3 heterocycles. The molecule has 4 aliphatic rings. The van der Waals surface area contributed by atoms with Crippen molar-refractivity contribution in [2.24, 2.45) is 11.8 Å². The number of likely N-dealkylation sites (tertiary alicyclic amines) is 1. The summed E-state index contributed by atoms with van der Waals surface area (Å²) in [5, 5.41) is 15.4. The largest absolute Gasteiger partial charge is 0.494 e. The second-order valence-electron chi connectivity index (χ2n) is 11.2. The van der Waals surface area contributed by atoms with E-state index in [1.54, 1.807) is 29.2 Å². The van der Waals surface area contributed by atoms with Crippen molar-refractivity contribution < 1.29 is 29.0 Å². The number of hydrogen-bond donors (Lipinski definition) is 3. The van der Waals surface area contributed by atoms with Crippen molar-refractivity contribution in [1.82, 2.24) is 10.2 Å². The minimum atomic E-state index is -0.974. The summed E-state index contributed by atoms with van der Waals surface area (Å²) in [4.78, 5) is 43.0. The maximum Gasteiger partial charge on any atom is 0.246 e. The van der Waals surface area contributed by atoms with E-state index < -0.39 is 23.5 Å². The number of aliphatic hydroxyl groups is 1. The van der Waals surface area contributed by atoms with Crippen LogP contribution in [0.5, 0.6) is 5.75 Å². The molecule has 38 heavy (non-hydrogen) atoms. The van der Waals surface area contributed by atoms with Crippen molar-refractivity contribution in [3.63, 3.8) is 0 Å². The van der Waals surface area contributed by atoms with Gasteiger partial charge in [0.05, 0.1) is 24.5 Å². The second kappa shape index (κ2) is 11.6. The van der Waals surface area contributed by atoms with Crippen LogP contribution < -0.4 is 15.4 Å². The number of carbonyl (C=O) groups excluding carboxylic acids is 3. The third-order valence-electron chi connectivity index (χ3n) is 8.79. The van der Waals surface area contributed by atoms with Crippen molar-refractivity contribution in [1.29, 1.82) is 0 Å². The lowest BCUT2D eigenvalue weighted by Crippen LogP contribution is -2.57. The van der Waals surface area contributed by atoms with Gasteiger partial charge in [-0.2, -0.15) is 0 Å². The standard InChI is InChI=1S/C29H41N3O6/c1-2-37-21-13-11-20(12-14-21)30-26(34)23-22-15-16-29(38-22)24(23)28(36)32(17-7-4-8-18-33)25(29)27(35)31-19-9-5-3-6-10-19/h11-14,19,22-25,33H,2-10,15-18H2,1H3,(H,30,34)(H,31,35)/t22-,23+,24+,25?,29?/m1/s1. The molecular formula is C29H41N3O6. The van der Waals surface area contributed by atoms with Crippen LogP contribution in [0, 0.1) is 11.8 Å². The molecule has 2 unspecified atom stereocenters. The van der Waals surface area contributed by atoms with E-state index in [4.69, 9.17) is 9.47 Å². The summed E-state index contributed by atoms with van der Waals surface area (Å²) in [6.07, 6.45) is 8.26. The van der Waals surface area contributed by atoms with Crippen LogP contribution >= 0.6 is 0 Å². The van der Waals surface area contributed by atoms with E-state index in [0.717, 1.165) is 37.9 Å². The summed E-state index contributed by atoms with van der Waals surface area (Å²) in [6.45, 7) is 2.99. The third kappa shape index (κ3) is 5.02. The fourth-order valence-electron chi connectivity index (χ4n) is 7.12. The maximum absolute atomic E-state index is 13.9. The summed E-state index contributed by atoms with van der Waals surface area (Å²) in [6, 6.07) is 6.57. The number of hydrogen-bond acceptors (Lipinski definition) is 6. The average molecular weight is 528 g/mol. The predicted octanol–water partition coefficient (Wildman–Crippen LogP) is 3.01. The Morgan fingerprint density at radius 1 is 1.08 bits per heavy atom. The quantitative estimate of drug-likeness (QED) is 0.381.